The number of anilines is 2. The van der Waals surface area contributed by atoms with Crippen LogP contribution in [0.3, 0.4) is 0 Å². The number of ether oxygens (including phenoxy) is 2. The molecule has 0 spiro atoms. The minimum absolute atomic E-state index is 0.436. The molecule has 1 aromatic carbocycles. The van der Waals surface area contributed by atoms with Crippen molar-refractivity contribution in [1.82, 2.24) is 5.43 Å². The number of methoxy groups -OCH3 is 1. The molecule has 0 bridgehead atoms. The fraction of sp³-hybridized carbons (Fsp3) is 0.294. The van der Waals surface area contributed by atoms with E-state index in [1.54, 1.807) is 24.7 Å². The number of nitrogens with zero attached hydrogens (tertiary/aromatic N) is 2. The minimum atomic E-state index is 0.436. The van der Waals surface area contributed by atoms with Gasteiger partial charge in [-0.2, -0.15) is 5.10 Å². The predicted molar refractivity (Wildman–Crippen MR) is 107 cm³/mol. The maximum atomic E-state index is 5.38. The molecule has 2 N–H and O–H groups in total. The molecule has 132 valence electrons. The molecular weight excluding hydrogens is 356 g/mol. The van der Waals surface area contributed by atoms with Gasteiger partial charge < -0.3 is 19.7 Å². The molecule has 3 rings (SSSR count). The van der Waals surface area contributed by atoms with Crippen LogP contribution < -0.4 is 20.4 Å². The van der Waals surface area contributed by atoms with Gasteiger partial charge in [0.05, 0.1) is 31.5 Å². The van der Waals surface area contributed by atoms with Crippen molar-refractivity contribution in [2.45, 2.75) is 0 Å². The Labute approximate surface area is 156 Å². The monoisotopic (exact) mass is 376 g/mol. The van der Waals surface area contributed by atoms with Gasteiger partial charge >= 0.3 is 0 Å². The molecular formula is C17H20N4O2S2. The number of nitrogens with one attached hydrogen (secondary N) is 2. The van der Waals surface area contributed by atoms with Crippen LogP contribution in [0.1, 0.15) is 4.88 Å². The van der Waals surface area contributed by atoms with Crippen LogP contribution in [0.2, 0.25) is 0 Å². The first-order chi connectivity index (χ1) is 12.2. The molecule has 1 fully saturated rings. The molecule has 0 amide bonds. The number of hydrogen-bond donors (Lipinski definition) is 2. The van der Waals surface area contributed by atoms with Gasteiger partial charge in [-0.3, -0.25) is 5.43 Å². The maximum Gasteiger partial charge on any atom is 0.191 e. The molecule has 0 saturated carbocycles. The van der Waals surface area contributed by atoms with Crippen LogP contribution in [0.5, 0.6) is 5.75 Å². The molecule has 1 aliphatic rings. The highest BCUT2D eigenvalue weighted by Crippen LogP contribution is 2.25. The first kappa shape index (κ1) is 17.7. The highest BCUT2D eigenvalue weighted by atomic mass is 32.1. The van der Waals surface area contributed by atoms with Crippen molar-refractivity contribution in [2.75, 3.05) is 43.6 Å². The summed E-state index contributed by atoms with van der Waals surface area (Å²) in [5.74, 6) is 0.802. The summed E-state index contributed by atoms with van der Waals surface area (Å²) >= 11 is 6.94. The molecule has 1 aliphatic heterocycles. The molecule has 2 heterocycles. The molecule has 6 nitrogen and oxygen atoms in total. The van der Waals surface area contributed by atoms with E-state index in [1.807, 2.05) is 24.3 Å². The predicted octanol–water partition coefficient (Wildman–Crippen LogP) is 2.91. The normalized spacial score (nSPS) is 14.5. The number of morpholine rings is 1. The fourth-order valence-corrected chi connectivity index (χ4v) is 3.45. The minimum Gasteiger partial charge on any atom is -0.497 e. The van der Waals surface area contributed by atoms with Crippen LogP contribution in [0, 0.1) is 0 Å². The number of hydrogen-bond acceptors (Lipinski definition) is 6. The van der Waals surface area contributed by atoms with E-state index >= 15 is 0 Å². The lowest BCUT2D eigenvalue weighted by atomic mass is 10.3. The number of thiophene rings is 1. The summed E-state index contributed by atoms with van der Waals surface area (Å²) in [6, 6.07) is 11.7. The summed E-state index contributed by atoms with van der Waals surface area (Å²) in [6.07, 6.45) is 1.77. The van der Waals surface area contributed by atoms with Gasteiger partial charge in [0.1, 0.15) is 5.75 Å². The van der Waals surface area contributed by atoms with E-state index in [9.17, 15) is 0 Å². The fourth-order valence-electron chi connectivity index (χ4n) is 2.35. The van der Waals surface area contributed by atoms with Crippen LogP contribution in [-0.2, 0) is 4.74 Å². The van der Waals surface area contributed by atoms with Gasteiger partial charge in [-0.15, -0.1) is 11.3 Å². The summed E-state index contributed by atoms with van der Waals surface area (Å²) in [5, 5.41) is 8.94. The van der Waals surface area contributed by atoms with Crippen molar-refractivity contribution < 1.29 is 9.47 Å². The van der Waals surface area contributed by atoms with Crippen LogP contribution >= 0.6 is 23.6 Å². The molecule has 25 heavy (non-hydrogen) atoms. The van der Waals surface area contributed by atoms with E-state index in [2.05, 4.69) is 32.9 Å². The number of rotatable bonds is 5. The Bertz CT molecular complexity index is 725. The number of hydrazone groups is 1. The van der Waals surface area contributed by atoms with Crippen molar-refractivity contribution in [1.29, 1.82) is 0 Å². The van der Waals surface area contributed by atoms with Crippen molar-refractivity contribution in [3.05, 3.63) is 41.3 Å². The van der Waals surface area contributed by atoms with Crippen molar-refractivity contribution in [3.63, 3.8) is 0 Å². The van der Waals surface area contributed by atoms with Gasteiger partial charge in [0.15, 0.2) is 5.11 Å². The molecule has 2 aromatic rings. The first-order valence-electron chi connectivity index (χ1n) is 7.91. The van der Waals surface area contributed by atoms with Gasteiger partial charge in [-0.25, -0.2) is 0 Å². The third kappa shape index (κ3) is 5.15. The Kier molecular flexibility index (Phi) is 6.21. The second-order valence-corrected chi connectivity index (χ2v) is 6.83. The molecule has 0 radical (unpaired) electrons. The lowest BCUT2D eigenvalue weighted by Crippen LogP contribution is -2.35. The average Bonchev–Trinajstić information content (AvgIpc) is 3.12. The Morgan fingerprint density at radius 2 is 2.00 bits per heavy atom. The largest absolute Gasteiger partial charge is 0.497 e. The molecule has 1 aromatic heterocycles. The third-order valence-corrected chi connectivity index (χ3v) is 4.92. The van der Waals surface area contributed by atoms with E-state index in [0.717, 1.165) is 42.6 Å². The zero-order valence-electron chi connectivity index (χ0n) is 13.9. The van der Waals surface area contributed by atoms with E-state index in [1.165, 1.54) is 5.00 Å². The van der Waals surface area contributed by atoms with Gasteiger partial charge in [0.25, 0.3) is 0 Å². The van der Waals surface area contributed by atoms with Crippen molar-refractivity contribution >= 4 is 45.6 Å². The van der Waals surface area contributed by atoms with Crippen LogP contribution in [-0.4, -0.2) is 44.7 Å². The summed E-state index contributed by atoms with van der Waals surface area (Å²) in [7, 11) is 1.64. The van der Waals surface area contributed by atoms with E-state index in [-0.39, 0.29) is 0 Å². The first-order valence-corrected chi connectivity index (χ1v) is 9.14. The second-order valence-electron chi connectivity index (χ2n) is 5.33. The van der Waals surface area contributed by atoms with Gasteiger partial charge in [0, 0.05) is 23.7 Å². The zero-order valence-corrected chi connectivity index (χ0v) is 15.5. The van der Waals surface area contributed by atoms with Gasteiger partial charge in [-0.05, 0) is 48.6 Å². The molecule has 0 unspecified atom stereocenters. The van der Waals surface area contributed by atoms with Crippen LogP contribution in [0.4, 0.5) is 10.7 Å². The van der Waals surface area contributed by atoms with Crippen molar-refractivity contribution in [2.24, 2.45) is 5.10 Å². The lowest BCUT2D eigenvalue weighted by molar-refractivity contribution is 0.123. The maximum absolute atomic E-state index is 5.38. The summed E-state index contributed by atoms with van der Waals surface area (Å²) in [5.41, 5.74) is 3.70. The number of thiocarbonyl (C=S) groups is 1. The van der Waals surface area contributed by atoms with Gasteiger partial charge in [0.2, 0.25) is 0 Å². The van der Waals surface area contributed by atoms with Gasteiger partial charge in [-0.1, -0.05) is 0 Å². The number of benzene rings is 1. The van der Waals surface area contributed by atoms with E-state index in [4.69, 9.17) is 21.7 Å². The lowest BCUT2D eigenvalue weighted by Gasteiger charge is -2.27. The summed E-state index contributed by atoms with van der Waals surface area (Å²) in [4.78, 5) is 3.40. The third-order valence-electron chi connectivity index (χ3n) is 3.64. The van der Waals surface area contributed by atoms with E-state index < -0.39 is 0 Å². The van der Waals surface area contributed by atoms with Crippen LogP contribution in [0.25, 0.3) is 0 Å². The zero-order chi connectivity index (χ0) is 17.5. The Morgan fingerprint density at radius 3 is 2.72 bits per heavy atom. The SMILES string of the molecule is COc1ccc(NC(=S)N/N=C/c2ccc(N3CCOCC3)s2)cc1. The Balaban J connectivity index is 1.48. The quantitative estimate of drug-likeness (QED) is 0.475. The molecule has 1 saturated heterocycles. The molecule has 0 aliphatic carbocycles. The summed E-state index contributed by atoms with van der Waals surface area (Å²) < 4.78 is 10.5. The molecule has 0 atom stereocenters. The van der Waals surface area contributed by atoms with Crippen LogP contribution in [0.15, 0.2) is 41.5 Å². The second kappa shape index (κ2) is 8.80. The molecule has 8 heteroatoms. The average molecular weight is 377 g/mol. The van der Waals surface area contributed by atoms with Crippen molar-refractivity contribution in [3.8, 4) is 5.75 Å². The Hall–Kier alpha value is -2.16. The summed E-state index contributed by atoms with van der Waals surface area (Å²) in [6.45, 7) is 3.44. The highest BCUT2D eigenvalue weighted by Gasteiger charge is 2.12. The topological polar surface area (TPSA) is 58.1 Å². The smallest absolute Gasteiger partial charge is 0.191 e. The standard InChI is InChI=1S/C17H20N4O2S2/c1-22-14-4-2-13(3-5-14)19-17(24)20-18-12-15-6-7-16(25-15)21-8-10-23-11-9-21/h2-7,12H,8-11H2,1H3,(H2,19,20,24)/b18-12+. The Morgan fingerprint density at radius 1 is 1.24 bits per heavy atom. The highest BCUT2D eigenvalue weighted by molar-refractivity contribution is 7.80. The van der Waals surface area contributed by atoms with E-state index in [0.29, 0.717) is 5.11 Å².